The Hall–Kier alpha value is -3.00. The summed E-state index contributed by atoms with van der Waals surface area (Å²) >= 11 is 0. The number of benzene rings is 1. The van der Waals surface area contributed by atoms with Gasteiger partial charge in [0.25, 0.3) is 5.91 Å². The molecule has 8 heteroatoms. The van der Waals surface area contributed by atoms with Crippen LogP contribution in [-0.2, 0) is 10.2 Å². The first kappa shape index (κ1) is 19.8. The second kappa shape index (κ2) is 8.79. The molecule has 148 valence electrons. The van der Waals surface area contributed by atoms with Crippen molar-refractivity contribution in [1.82, 2.24) is 15.3 Å². The molecule has 0 bridgehead atoms. The van der Waals surface area contributed by atoms with E-state index in [1.165, 1.54) is 6.20 Å². The standard InChI is InChI=1S/C20H23N3O5/c1-2-28-15-5-3-14(4-6-15)20(7-9-27-10-8-20)13-23-18(24)16-11-22-17(12-21-16)19(25)26/h3-6,11-12H,2,7-10,13H2,1H3,(H,23,24)(H,25,26). The van der Waals surface area contributed by atoms with Crippen LogP contribution < -0.4 is 10.1 Å². The first-order valence-corrected chi connectivity index (χ1v) is 9.19. The zero-order chi connectivity index (χ0) is 20.0. The largest absolute Gasteiger partial charge is 0.494 e. The van der Waals surface area contributed by atoms with E-state index in [-0.39, 0.29) is 22.7 Å². The average Bonchev–Trinajstić information content (AvgIpc) is 2.73. The van der Waals surface area contributed by atoms with Gasteiger partial charge in [0, 0.05) is 25.2 Å². The van der Waals surface area contributed by atoms with Crippen LogP contribution in [0.1, 0.15) is 46.3 Å². The fourth-order valence-electron chi connectivity index (χ4n) is 3.30. The monoisotopic (exact) mass is 385 g/mol. The average molecular weight is 385 g/mol. The van der Waals surface area contributed by atoms with E-state index in [2.05, 4.69) is 15.3 Å². The van der Waals surface area contributed by atoms with Gasteiger partial charge in [-0.1, -0.05) is 12.1 Å². The third kappa shape index (κ3) is 4.45. The number of hydrogen-bond donors (Lipinski definition) is 2. The predicted molar refractivity (Wildman–Crippen MR) is 101 cm³/mol. The van der Waals surface area contributed by atoms with Crippen LogP contribution >= 0.6 is 0 Å². The van der Waals surface area contributed by atoms with Gasteiger partial charge >= 0.3 is 5.97 Å². The summed E-state index contributed by atoms with van der Waals surface area (Å²) in [6.07, 6.45) is 3.82. The molecule has 2 heterocycles. The molecule has 1 fully saturated rings. The third-order valence-corrected chi connectivity index (χ3v) is 4.92. The Balaban J connectivity index is 1.73. The maximum Gasteiger partial charge on any atom is 0.356 e. The fourth-order valence-corrected chi connectivity index (χ4v) is 3.30. The van der Waals surface area contributed by atoms with E-state index in [4.69, 9.17) is 14.6 Å². The van der Waals surface area contributed by atoms with Crippen molar-refractivity contribution in [3.05, 3.63) is 53.6 Å². The minimum absolute atomic E-state index is 0.0823. The van der Waals surface area contributed by atoms with E-state index in [9.17, 15) is 9.59 Å². The van der Waals surface area contributed by atoms with Gasteiger partial charge in [-0.05, 0) is 37.5 Å². The van der Waals surface area contributed by atoms with Gasteiger partial charge in [-0.3, -0.25) is 4.79 Å². The predicted octanol–water partition coefficient (Wildman–Crippen LogP) is 2.05. The summed E-state index contributed by atoms with van der Waals surface area (Å²) in [5, 5.41) is 11.8. The fraction of sp³-hybridized carbons (Fsp3) is 0.400. The molecular weight excluding hydrogens is 362 g/mol. The molecule has 0 unspecified atom stereocenters. The summed E-state index contributed by atoms with van der Waals surface area (Å²) in [6.45, 7) is 4.21. The van der Waals surface area contributed by atoms with Crippen LogP contribution in [0.4, 0.5) is 0 Å². The summed E-state index contributed by atoms with van der Waals surface area (Å²) in [7, 11) is 0. The number of carboxylic acids is 1. The molecule has 0 aliphatic carbocycles. The van der Waals surface area contributed by atoms with E-state index >= 15 is 0 Å². The molecule has 1 aliphatic rings. The second-order valence-corrected chi connectivity index (χ2v) is 6.62. The summed E-state index contributed by atoms with van der Waals surface area (Å²) in [6, 6.07) is 7.94. The van der Waals surface area contributed by atoms with Crippen molar-refractivity contribution < 1.29 is 24.2 Å². The number of hydrogen-bond acceptors (Lipinski definition) is 6. The molecule has 1 aromatic carbocycles. The number of aromatic nitrogens is 2. The van der Waals surface area contributed by atoms with Gasteiger partial charge in [0.2, 0.25) is 0 Å². The van der Waals surface area contributed by atoms with Crippen molar-refractivity contribution in [2.75, 3.05) is 26.4 Å². The van der Waals surface area contributed by atoms with Crippen LogP contribution in [0, 0.1) is 0 Å². The van der Waals surface area contributed by atoms with Crippen LogP contribution in [0.15, 0.2) is 36.7 Å². The number of carbonyl (C=O) groups is 2. The number of rotatable bonds is 7. The quantitative estimate of drug-likeness (QED) is 0.750. The molecule has 0 radical (unpaired) electrons. The Morgan fingerprint density at radius 1 is 1.14 bits per heavy atom. The molecule has 28 heavy (non-hydrogen) atoms. The summed E-state index contributed by atoms with van der Waals surface area (Å²) < 4.78 is 11.0. The molecule has 0 atom stereocenters. The molecule has 3 rings (SSSR count). The van der Waals surface area contributed by atoms with E-state index in [1.807, 2.05) is 31.2 Å². The molecule has 2 N–H and O–H groups in total. The molecule has 1 aromatic heterocycles. The van der Waals surface area contributed by atoms with Gasteiger partial charge in [-0.2, -0.15) is 0 Å². The number of carboxylic acid groups (broad SMARTS) is 1. The van der Waals surface area contributed by atoms with E-state index in [0.717, 1.165) is 30.4 Å². The number of amides is 1. The zero-order valence-electron chi connectivity index (χ0n) is 15.7. The minimum atomic E-state index is -1.18. The second-order valence-electron chi connectivity index (χ2n) is 6.62. The summed E-state index contributed by atoms with van der Waals surface area (Å²) in [4.78, 5) is 31.0. The van der Waals surface area contributed by atoms with Gasteiger partial charge in [0.1, 0.15) is 11.4 Å². The van der Waals surface area contributed by atoms with Crippen molar-refractivity contribution in [3.8, 4) is 5.75 Å². The van der Waals surface area contributed by atoms with Crippen LogP contribution in [0.5, 0.6) is 5.75 Å². The van der Waals surface area contributed by atoms with E-state index < -0.39 is 5.97 Å². The Labute approximate surface area is 162 Å². The first-order chi connectivity index (χ1) is 13.5. The Kier molecular flexibility index (Phi) is 6.20. The zero-order valence-corrected chi connectivity index (χ0v) is 15.7. The van der Waals surface area contributed by atoms with Crippen molar-refractivity contribution in [3.63, 3.8) is 0 Å². The van der Waals surface area contributed by atoms with Crippen molar-refractivity contribution in [2.24, 2.45) is 0 Å². The smallest absolute Gasteiger partial charge is 0.356 e. The van der Waals surface area contributed by atoms with Gasteiger partial charge in [0.15, 0.2) is 5.69 Å². The molecule has 1 saturated heterocycles. The number of nitrogens with zero attached hydrogens (tertiary/aromatic N) is 2. The van der Waals surface area contributed by atoms with Gasteiger partial charge in [0.05, 0.1) is 19.0 Å². The van der Waals surface area contributed by atoms with Gasteiger partial charge in [-0.25, -0.2) is 14.8 Å². The van der Waals surface area contributed by atoms with E-state index in [0.29, 0.717) is 26.4 Å². The Bertz CT molecular complexity index is 815. The van der Waals surface area contributed by atoms with Crippen molar-refractivity contribution >= 4 is 11.9 Å². The maximum absolute atomic E-state index is 12.5. The first-order valence-electron chi connectivity index (χ1n) is 9.19. The third-order valence-electron chi connectivity index (χ3n) is 4.92. The maximum atomic E-state index is 12.5. The van der Waals surface area contributed by atoms with Crippen LogP contribution in [0.3, 0.4) is 0 Å². The van der Waals surface area contributed by atoms with Gasteiger partial charge in [-0.15, -0.1) is 0 Å². The molecule has 0 spiro atoms. The Morgan fingerprint density at radius 3 is 2.36 bits per heavy atom. The van der Waals surface area contributed by atoms with Crippen LogP contribution in [0.2, 0.25) is 0 Å². The minimum Gasteiger partial charge on any atom is -0.494 e. The highest BCUT2D eigenvalue weighted by Gasteiger charge is 2.35. The number of carbonyl (C=O) groups excluding carboxylic acids is 1. The SMILES string of the molecule is CCOc1ccc(C2(CNC(=O)c3cnc(C(=O)O)cn3)CCOCC2)cc1. The van der Waals surface area contributed by atoms with Gasteiger partial charge < -0.3 is 19.9 Å². The molecule has 0 saturated carbocycles. The lowest BCUT2D eigenvalue weighted by Crippen LogP contribution is -2.44. The number of ether oxygens (including phenoxy) is 2. The molecular formula is C20H23N3O5. The summed E-state index contributed by atoms with van der Waals surface area (Å²) in [5.74, 6) is -0.761. The van der Waals surface area contributed by atoms with Crippen molar-refractivity contribution in [1.29, 1.82) is 0 Å². The highest BCUT2D eigenvalue weighted by molar-refractivity contribution is 5.92. The lowest BCUT2D eigenvalue weighted by Gasteiger charge is -2.38. The highest BCUT2D eigenvalue weighted by Crippen LogP contribution is 2.35. The molecule has 2 aromatic rings. The highest BCUT2D eigenvalue weighted by atomic mass is 16.5. The number of aromatic carboxylic acids is 1. The van der Waals surface area contributed by atoms with Crippen LogP contribution in [-0.4, -0.2) is 53.3 Å². The molecule has 1 aliphatic heterocycles. The van der Waals surface area contributed by atoms with E-state index in [1.54, 1.807) is 0 Å². The molecule has 1 amide bonds. The number of nitrogens with one attached hydrogen (secondary N) is 1. The lowest BCUT2D eigenvalue weighted by atomic mass is 9.74. The van der Waals surface area contributed by atoms with Crippen LogP contribution in [0.25, 0.3) is 0 Å². The normalized spacial score (nSPS) is 15.6. The summed E-state index contributed by atoms with van der Waals surface area (Å²) in [5.41, 5.74) is 0.755. The van der Waals surface area contributed by atoms with Crippen molar-refractivity contribution in [2.45, 2.75) is 25.2 Å². The lowest BCUT2D eigenvalue weighted by molar-refractivity contribution is 0.0486. The Morgan fingerprint density at radius 2 is 1.79 bits per heavy atom. The topological polar surface area (TPSA) is 111 Å². The molecule has 8 nitrogen and oxygen atoms in total.